The number of alkyl halides is 3. The van der Waals surface area contributed by atoms with Crippen LogP contribution >= 0.6 is 0 Å². The summed E-state index contributed by atoms with van der Waals surface area (Å²) in [6, 6.07) is 7.71. The minimum absolute atomic E-state index is 0.0294. The molecule has 3 aromatic rings. The number of phenols is 1. The van der Waals surface area contributed by atoms with Gasteiger partial charge in [0.2, 0.25) is 5.56 Å². The number of aromatic amines is 1. The molecule has 0 saturated heterocycles. The lowest BCUT2D eigenvalue weighted by Crippen LogP contribution is -2.55. The monoisotopic (exact) mass is 436 g/mol. The number of anilines is 1. The van der Waals surface area contributed by atoms with Gasteiger partial charge in [-0.05, 0) is 48.6 Å². The van der Waals surface area contributed by atoms with E-state index in [1.165, 1.54) is 18.2 Å². The first-order valence-electron chi connectivity index (χ1n) is 9.75. The topological polar surface area (TPSA) is 85.4 Å². The average Bonchev–Trinajstić information content (AvgIpc) is 2.71. The zero-order valence-corrected chi connectivity index (χ0v) is 16.4. The van der Waals surface area contributed by atoms with Crippen LogP contribution in [0.15, 0.2) is 47.3 Å². The summed E-state index contributed by atoms with van der Waals surface area (Å²) in [5.74, 6) is -2.53. The van der Waals surface area contributed by atoms with Gasteiger partial charge in [-0.2, -0.15) is 13.2 Å². The van der Waals surface area contributed by atoms with E-state index >= 15 is 0 Å². The molecule has 4 rings (SSSR count). The summed E-state index contributed by atoms with van der Waals surface area (Å²) in [7, 11) is 0. The van der Waals surface area contributed by atoms with Crippen LogP contribution in [0.25, 0.3) is 10.9 Å². The van der Waals surface area contributed by atoms with Crippen LogP contribution < -0.4 is 10.9 Å². The Morgan fingerprint density at radius 3 is 2.61 bits per heavy atom. The third kappa shape index (κ3) is 3.33. The highest BCUT2D eigenvalue weighted by molar-refractivity contribution is 5.91. The van der Waals surface area contributed by atoms with Crippen LogP contribution in [0, 0.1) is 5.82 Å². The molecular formula is C22H20F4N2O3. The summed E-state index contributed by atoms with van der Waals surface area (Å²) in [5, 5.41) is 24.4. The summed E-state index contributed by atoms with van der Waals surface area (Å²) >= 11 is 0. The van der Waals surface area contributed by atoms with Gasteiger partial charge in [-0.3, -0.25) is 4.79 Å². The molecule has 0 aliphatic heterocycles. The number of phenolic OH excluding ortho intramolecular Hbond substituents is 1. The fourth-order valence-electron chi connectivity index (χ4n) is 4.42. The van der Waals surface area contributed by atoms with E-state index in [4.69, 9.17) is 0 Å². The zero-order valence-electron chi connectivity index (χ0n) is 16.4. The molecule has 9 heteroatoms. The molecule has 3 atom stereocenters. The second-order valence-electron chi connectivity index (χ2n) is 7.80. The Morgan fingerprint density at radius 1 is 1.19 bits per heavy atom. The molecule has 1 aliphatic rings. The number of aliphatic hydroxyl groups is 1. The number of H-pyrrole nitrogens is 1. The number of benzene rings is 2. The number of hydrogen-bond acceptors (Lipinski definition) is 4. The molecular weight excluding hydrogens is 416 g/mol. The molecule has 1 aliphatic carbocycles. The van der Waals surface area contributed by atoms with Crippen molar-refractivity contribution in [3.63, 3.8) is 0 Å². The van der Waals surface area contributed by atoms with Crippen molar-refractivity contribution in [2.24, 2.45) is 0 Å². The maximum atomic E-state index is 14.2. The highest BCUT2D eigenvalue weighted by atomic mass is 19.4. The summed E-state index contributed by atoms with van der Waals surface area (Å²) in [6.07, 6.45) is -5.57. The molecule has 0 bridgehead atoms. The predicted molar refractivity (Wildman–Crippen MR) is 108 cm³/mol. The van der Waals surface area contributed by atoms with Gasteiger partial charge >= 0.3 is 6.18 Å². The number of pyridine rings is 1. The van der Waals surface area contributed by atoms with Crippen LogP contribution in [-0.2, 0) is 0 Å². The van der Waals surface area contributed by atoms with Crippen molar-refractivity contribution in [3.05, 3.63) is 69.8 Å². The van der Waals surface area contributed by atoms with Gasteiger partial charge in [0.05, 0.1) is 11.6 Å². The normalized spacial score (nSPS) is 23.5. The Hall–Kier alpha value is -3.07. The fourth-order valence-corrected chi connectivity index (χ4v) is 4.42. The molecule has 2 aromatic carbocycles. The average molecular weight is 436 g/mol. The SMILES string of the molecule is CC[C@H]1C[C@@](O)(C(F)(F)F)[C@@H](Nc2cccc3[nH]c(=O)ccc23)c2ccc(F)c(O)c21. The van der Waals surface area contributed by atoms with Crippen LogP contribution in [0.4, 0.5) is 23.2 Å². The third-order valence-electron chi connectivity index (χ3n) is 6.00. The number of aromatic hydroxyl groups is 1. The number of fused-ring (bicyclic) bond motifs is 2. The van der Waals surface area contributed by atoms with E-state index in [-0.39, 0.29) is 28.8 Å². The molecule has 0 radical (unpaired) electrons. The standard InChI is InChI=1S/C22H20F4N2O3/c1-2-11-10-21(31,22(24,25)26)20(13-6-8-14(23)19(30)18(11)13)28-16-5-3-4-15-12(16)7-9-17(29)27-15/h3-9,11,20,28,30-31H,2,10H2,1H3,(H,27,29)/t11-,20-,21-/m0/s1. The maximum absolute atomic E-state index is 14.2. The number of nitrogens with one attached hydrogen (secondary N) is 2. The van der Waals surface area contributed by atoms with Gasteiger partial charge in [-0.15, -0.1) is 0 Å². The van der Waals surface area contributed by atoms with E-state index in [0.717, 1.165) is 12.1 Å². The van der Waals surface area contributed by atoms with Gasteiger partial charge in [-0.1, -0.05) is 19.1 Å². The van der Waals surface area contributed by atoms with Gasteiger partial charge in [0.25, 0.3) is 0 Å². The summed E-state index contributed by atoms with van der Waals surface area (Å²) < 4.78 is 56.5. The molecule has 0 amide bonds. The molecule has 1 heterocycles. The first kappa shape index (κ1) is 21.2. The first-order valence-corrected chi connectivity index (χ1v) is 9.75. The Labute approximate surface area is 174 Å². The van der Waals surface area contributed by atoms with Gasteiger partial charge < -0.3 is 20.5 Å². The van der Waals surface area contributed by atoms with Gasteiger partial charge in [0, 0.05) is 22.7 Å². The van der Waals surface area contributed by atoms with Crippen LogP contribution in [0.3, 0.4) is 0 Å². The number of rotatable bonds is 3. The van der Waals surface area contributed by atoms with Crippen molar-refractivity contribution in [2.45, 2.75) is 43.5 Å². The predicted octanol–water partition coefficient (Wildman–Crippen LogP) is 4.72. The molecule has 0 unspecified atom stereocenters. The fraction of sp³-hybridized carbons (Fsp3) is 0.318. The highest BCUT2D eigenvalue weighted by Crippen LogP contribution is 2.55. The van der Waals surface area contributed by atoms with Crippen LogP contribution in [0.1, 0.15) is 42.9 Å². The van der Waals surface area contributed by atoms with E-state index in [1.54, 1.807) is 19.1 Å². The van der Waals surface area contributed by atoms with Gasteiger partial charge in [0.1, 0.15) is 0 Å². The molecule has 0 saturated carbocycles. The van der Waals surface area contributed by atoms with Crippen molar-refractivity contribution in [2.75, 3.05) is 5.32 Å². The second kappa shape index (κ2) is 7.26. The van der Waals surface area contributed by atoms with Crippen molar-refractivity contribution in [1.82, 2.24) is 4.98 Å². The lowest BCUT2D eigenvalue weighted by Gasteiger charge is -2.45. The second-order valence-corrected chi connectivity index (χ2v) is 7.80. The minimum atomic E-state index is -5.00. The smallest absolute Gasteiger partial charge is 0.419 e. The van der Waals surface area contributed by atoms with Gasteiger partial charge in [-0.25, -0.2) is 4.39 Å². The van der Waals surface area contributed by atoms with E-state index in [1.807, 2.05) is 0 Å². The number of aromatic nitrogens is 1. The largest absolute Gasteiger partial charge is 0.505 e. The Morgan fingerprint density at radius 2 is 1.94 bits per heavy atom. The van der Waals surface area contributed by atoms with Crippen molar-refractivity contribution in [3.8, 4) is 5.75 Å². The summed E-state index contributed by atoms with van der Waals surface area (Å²) in [4.78, 5) is 14.2. The molecule has 0 spiro atoms. The lowest BCUT2D eigenvalue weighted by molar-refractivity contribution is -0.272. The van der Waals surface area contributed by atoms with E-state index < -0.39 is 41.7 Å². The maximum Gasteiger partial charge on any atom is 0.419 e. The first-order chi connectivity index (χ1) is 14.6. The molecule has 0 fully saturated rings. The van der Waals surface area contributed by atoms with Crippen molar-refractivity contribution in [1.29, 1.82) is 0 Å². The third-order valence-corrected chi connectivity index (χ3v) is 6.00. The minimum Gasteiger partial charge on any atom is -0.505 e. The molecule has 4 N–H and O–H groups in total. The zero-order chi connectivity index (χ0) is 22.6. The van der Waals surface area contributed by atoms with Crippen LogP contribution in [0.2, 0.25) is 0 Å². The summed E-state index contributed by atoms with van der Waals surface area (Å²) in [6.45, 7) is 1.62. The number of halogens is 4. The van der Waals surface area contributed by atoms with E-state index in [9.17, 15) is 32.6 Å². The Kier molecular flexibility index (Phi) is 4.96. The highest BCUT2D eigenvalue weighted by Gasteiger charge is 2.62. The Bertz CT molecular complexity index is 1210. The molecule has 1 aromatic heterocycles. The van der Waals surface area contributed by atoms with Crippen LogP contribution in [0.5, 0.6) is 5.75 Å². The van der Waals surface area contributed by atoms with Crippen molar-refractivity contribution >= 4 is 16.6 Å². The van der Waals surface area contributed by atoms with Gasteiger partial charge in [0.15, 0.2) is 17.2 Å². The molecule has 5 nitrogen and oxygen atoms in total. The lowest BCUT2D eigenvalue weighted by atomic mass is 9.69. The molecule has 31 heavy (non-hydrogen) atoms. The van der Waals surface area contributed by atoms with E-state index in [0.29, 0.717) is 10.9 Å². The molecule has 164 valence electrons. The van der Waals surface area contributed by atoms with Crippen LogP contribution in [-0.4, -0.2) is 27.0 Å². The number of hydrogen-bond donors (Lipinski definition) is 4. The van der Waals surface area contributed by atoms with Crippen molar-refractivity contribution < 1.29 is 27.8 Å². The summed E-state index contributed by atoms with van der Waals surface area (Å²) in [5.41, 5.74) is -2.87. The van der Waals surface area contributed by atoms with E-state index in [2.05, 4.69) is 10.3 Å². The quantitative estimate of drug-likeness (QED) is 0.448. The Balaban J connectivity index is 1.94.